The van der Waals surface area contributed by atoms with Crippen LogP contribution >= 0.6 is 0 Å². The summed E-state index contributed by atoms with van der Waals surface area (Å²) in [6.07, 6.45) is 0. The zero-order valence-corrected chi connectivity index (χ0v) is 14.8. The molecule has 0 aromatic carbocycles. The molecule has 0 aromatic heterocycles. The van der Waals surface area contributed by atoms with Gasteiger partial charge in [-0.2, -0.15) is 0 Å². The van der Waals surface area contributed by atoms with Crippen LogP contribution in [0.4, 0.5) is 0 Å². The summed E-state index contributed by atoms with van der Waals surface area (Å²) in [5.74, 6) is 0. The molecule has 68 valence electrons. The van der Waals surface area contributed by atoms with Crippen molar-refractivity contribution in [2.24, 2.45) is 0 Å². The maximum Gasteiger partial charge on any atom is 1.00 e. The summed E-state index contributed by atoms with van der Waals surface area (Å²) in [5, 5.41) is 3.16. The third kappa shape index (κ3) is 31.3. The van der Waals surface area contributed by atoms with Crippen molar-refractivity contribution in [3.8, 4) is 0 Å². The van der Waals surface area contributed by atoms with Gasteiger partial charge >= 0.3 is 103 Å². The number of ether oxygens (including phenoxy) is 1. The SMILES string of the molecule is C1COCCN1.O=S(=O)([O-])[O-].[K+].[K+]. The second-order valence-corrected chi connectivity index (χ2v) is 2.59. The molecule has 0 unspecified atom stereocenters. The van der Waals surface area contributed by atoms with Crippen molar-refractivity contribution in [2.75, 3.05) is 26.3 Å². The maximum atomic E-state index is 8.52. The predicted octanol–water partition coefficient (Wildman–Crippen LogP) is -7.72. The summed E-state index contributed by atoms with van der Waals surface area (Å²) in [7, 11) is -5.17. The molecule has 0 aliphatic carbocycles. The van der Waals surface area contributed by atoms with Crippen molar-refractivity contribution in [1.82, 2.24) is 5.32 Å². The molecular formula is C4H9K2NO5S. The number of rotatable bonds is 0. The first-order valence-electron chi connectivity index (χ1n) is 2.95. The molecule has 1 fully saturated rings. The van der Waals surface area contributed by atoms with Gasteiger partial charge in [0.1, 0.15) is 0 Å². The van der Waals surface area contributed by atoms with Gasteiger partial charge in [0.15, 0.2) is 0 Å². The van der Waals surface area contributed by atoms with Gasteiger partial charge < -0.3 is 19.2 Å². The van der Waals surface area contributed by atoms with E-state index in [-0.39, 0.29) is 103 Å². The Balaban J connectivity index is -0.000000136. The van der Waals surface area contributed by atoms with E-state index in [1.54, 1.807) is 0 Å². The molecule has 6 nitrogen and oxygen atoms in total. The van der Waals surface area contributed by atoms with Crippen molar-refractivity contribution in [3.05, 3.63) is 0 Å². The first-order valence-corrected chi connectivity index (χ1v) is 4.28. The van der Waals surface area contributed by atoms with E-state index in [0.29, 0.717) is 0 Å². The van der Waals surface area contributed by atoms with Crippen LogP contribution in [0.25, 0.3) is 0 Å². The fraction of sp³-hybridized carbons (Fsp3) is 1.00. The number of morpholine rings is 1. The monoisotopic (exact) mass is 261 g/mol. The van der Waals surface area contributed by atoms with Crippen molar-refractivity contribution >= 4 is 10.4 Å². The normalized spacial score (nSPS) is 15.5. The van der Waals surface area contributed by atoms with Crippen LogP contribution in [0.5, 0.6) is 0 Å². The van der Waals surface area contributed by atoms with Gasteiger partial charge in [-0.25, -0.2) is 0 Å². The van der Waals surface area contributed by atoms with Crippen LogP contribution in [0.1, 0.15) is 0 Å². The maximum absolute atomic E-state index is 8.52. The Kier molecular flexibility index (Phi) is 21.6. The second kappa shape index (κ2) is 13.1. The summed E-state index contributed by atoms with van der Waals surface area (Å²) in [4.78, 5) is 0. The Morgan fingerprint density at radius 1 is 1.08 bits per heavy atom. The van der Waals surface area contributed by atoms with Gasteiger partial charge in [-0.05, 0) is 0 Å². The third-order valence-corrected chi connectivity index (χ3v) is 0.846. The molecule has 0 saturated carbocycles. The van der Waals surface area contributed by atoms with Gasteiger partial charge in [0.25, 0.3) is 0 Å². The van der Waals surface area contributed by atoms with Crippen molar-refractivity contribution in [3.63, 3.8) is 0 Å². The van der Waals surface area contributed by atoms with E-state index in [1.165, 1.54) is 0 Å². The third-order valence-electron chi connectivity index (χ3n) is 0.846. The standard InChI is InChI=1S/C4H9NO.2K.H2O4S/c1-3-6-4-2-5-1;;;1-5(2,3)4/h5H,1-4H2;;;(H2,1,2,3,4)/q;2*+1;/p-2. The molecule has 1 saturated heterocycles. The zero-order chi connectivity index (χ0) is 8.74. The minimum absolute atomic E-state index is 0. The number of hydrogen-bond acceptors (Lipinski definition) is 6. The zero-order valence-electron chi connectivity index (χ0n) is 7.78. The molecule has 0 atom stereocenters. The van der Waals surface area contributed by atoms with Crippen LogP contribution in [0, 0.1) is 0 Å². The van der Waals surface area contributed by atoms with E-state index in [1.807, 2.05) is 0 Å². The van der Waals surface area contributed by atoms with Gasteiger partial charge in [0, 0.05) is 23.5 Å². The molecule has 0 spiro atoms. The van der Waals surface area contributed by atoms with Gasteiger partial charge in [-0.1, -0.05) is 0 Å². The number of nitrogens with one attached hydrogen (secondary N) is 1. The van der Waals surface area contributed by atoms with Crippen LogP contribution in [0.3, 0.4) is 0 Å². The molecule has 0 bridgehead atoms. The van der Waals surface area contributed by atoms with E-state index in [0.717, 1.165) is 26.3 Å². The molecule has 1 heterocycles. The molecule has 1 N–H and O–H groups in total. The first kappa shape index (κ1) is 21.4. The van der Waals surface area contributed by atoms with Gasteiger partial charge in [0.2, 0.25) is 0 Å². The smallest absolute Gasteiger partial charge is 0.759 e. The fourth-order valence-electron chi connectivity index (χ4n) is 0.516. The number of hydrogen-bond donors (Lipinski definition) is 1. The molecule has 1 rings (SSSR count). The molecule has 1 aliphatic heterocycles. The summed E-state index contributed by atoms with van der Waals surface area (Å²) < 4.78 is 39.1. The predicted molar refractivity (Wildman–Crippen MR) is 34.2 cm³/mol. The summed E-state index contributed by atoms with van der Waals surface area (Å²) in [5.41, 5.74) is 0. The molecule has 13 heavy (non-hydrogen) atoms. The Morgan fingerprint density at radius 2 is 1.38 bits per heavy atom. The molecule has 0 radical (unpaired) electrons. The minimum Gasteiger partial charge on any atom is -0.759 e. The van der Waals surface area contributed by atoms with Gasteiger partial charge in [0.05, 0.1) is 13.2 Å². The topological polar surface area (TPSA) is 102 Å². The van der Waals surface area contributed by atoms with Crippen molar-refractivity contribution in [2.45, 2.75) is 0 Å². The van der Waals surface area contributed by atoms with E-state index < -0.39 is 10.4 Å². The Bertz CT molecular complexity index is 161. The Morgan fingerprint density at radius 3 is 1.46 bits per heavy atom. The van der Waals surface area contributed by atoms with Crippen molar-refractivity contribution < 1.29 is 125 Å². The van der Waals surface area contributed by atoms with Crippen LogP contribution < -0.4 is 108 Å². The average Bonchev–Trinajstić information content (AvgIpc) is 1.88. The average molecular weight is 261 g/mol. The van der Waals surface area contributed by atoms with E-state index in [2.05, 4.69) is 5.32 Å². The molecule has 1 aliphatic rings. The second-order valence-electron chi connectivity index (χ2n) is 1.77. The van der Waals surface area contributed by atoms with Gasteiger partial charge in [-0.15, -0.1) is 0 Å². The Labute approximate surface area is 163 Å². The summed E-state index contributed by atoms with van der Waals surface area (Å²) in [6, 6.07) is 0. The van der Waals surface area contributed by atoms with Crippen molar-refractivity contribution in [1.29, 1.82) is 0 Å². The molecule has 0 aromatic rings. The molecule has 9 heteroatoms. The minimum atomic E-state index is -5.17. The van der Waals surface area contributed by atoms with Crippen LogP contribution in [-0.4, -0.2) is 43.8 Å². The van der Waals surface area contributed by atoms with Crippen LogP contribution in [-0.2, 0) is 15.1 Å². The van der Waals surface area contributed by atoms with Crippen LogP contribution in [0.2, 0.25) is 0 Å². The van der Waals surface area contributed by atoms with Gasteiger partial charge in [-0.3, -0.25) is 8.42 Å². The van der Waals surface area contributed by atoms with Crippen LogP contribution in [0.15, 0.2) is 0 Å². The van der Waals surface area contributed by atoms with E-state index >= 15 is 0 Å². The summed E-state index contributed by atoms with van der Waals surface area (Å²) in [6.45, 7) is 3.83. The largest absolute Gasteiger partial charge is 1.00 e. The Hall–Kier alpha value is 3.06. The van der Waals surface area contributed by atoms with E-state index in [4.69, 9.17) is 22.3 Å². The quantitative estimate of drug-likeness (QED) is 0.264. The molecular weight excluding hydrogens is 252 g/mol. The summed E-state index contributed by atoms with van der Waals surface area (Å²) >= 11 is 0. The molecule has 0 amide bonds. The first-order chi connectivity index (χ1) is 5.00. The fourth-order valence-corrected chi connectivity index (χ4v) is 0.516. The van der Waals surface area contributed by atoms with E-state index in [9.17, 15) is 0 Å².